The van der Waals surface area contributed by atoms with E-state index >= 15 is 4.39 Å². The maximum absolute atomic E-state index is 16.8. The van der Waals surface area contributed by atoms with E-state index in [0.29, 0.717) is 48.0 Å². The summed E-state index contributed by atoms with van der Waals surface area (Å²) in [5.74, 6) is -0.0888. The molecule has 12 heteroatoms. The molecular weight excluding hydrogens is 768 g/mol. The van der Waals surface area contributed by atoms with E-state index in [-0.39, 0.29) is 53.6 Å². The van der Waals surface area contributed by atoms with Crippen molar-refractivity contribution in [3.63, 3.8) is 0 Å². The third-order valence-electron chi connectivity index (χ3n) is 15.2. The van der Waals surface area contributed by atoms with Crippen molar-refractivity contribution in [3.05, 3.63) is 81.7 Å². The number of halogens is 1. The summed E-state index contributed by atoms with van der Waals surface area (Å²) >= 11 is 0. The summed E-state index contributed by atoms with van der Waals surface area (Å²) in [4.78, 5) is 41.1. The van der Waals surface area contributed by atoms with Crippen LogP contribution in [-0.2, 0) is 33.6 Å². The minimum absolute atomic E-state index is 0.116. The summed E-state index contributed by atoms with van der Waals surface area (Å²) in [6.07, 6.45) is 13.3. The molecule has 0 spiro atoms. The molecule has 3 fully saturated rings. The fourth-order valence-electron chi connectivity index (χ4n) is 11.5. The summed E-state index contributed by atoms with van der Waals surface area (Å²) in [5, 5.41) is 23.5. The Balaban J connectivity index is 0.903. The van der Waals surface area contributed by atoms with Crippen LogP contribution in [0.2, 0.25) is 0 Å². The normalized spacial score (nSPS) is 24.9. The largest absolute Gasteiger partial charge is 0.373 e. The number of nitrogens with one attached hydrogen (secondary N) is 7. The van der Waals surface area contributed by atoms with Gasteiger partial charge in [0.2, 0.25) is 17.7 Å². The Hall–Kier alpha value is -4.52. The molecule has 6 atom stereocenters. The zero-order valence-corrected chi connectivity index (χ0v) is 36.2. The van der Waals surface area contributed by atoms with E-state index in [0.717, 1.165) is 71.4 Å². The van der Waals surface area contributed by atoms with Crippen molar-refractivity contribution in [2.75, 3.05) is 30.3 Å². The third-order valence-corrected chi connectivity index (χ3v) is 15.2. The van der Waals surface area contributed by atoms with Gasteiger partial charge in [0.25, 0.3) is 0 Å². The van der Waals surface area contributed by atoms with E-state index < -0.39 is 18.1 Å². The smallest absolute Gasteiger partial charge is 0.247 e. The SMILES string of the molecule is Cc1cc(-c2cc(C)c3c(c2F)CC(C(=O)NC(C2CC2)C(N)C(C)(CC2NCCN2)C2CCCCCCC2)N3)cc2c1NC(C(=O)NC1C(=O)NCCc3ccccc31)C2. The van der Waals surface area contributed by atoms with Crippen LogP contribution >= 0.6 is 0 Å². The molecular formula is C49H65FN8O3. The molecule has 6 unspecified atom stereocenters. The number of hydrogen-bond acceptors (Lipinski definition) is 8. The lowest BCUT2D eigenvalue weighted by Crippen LogP contribution is -2.61. The first-order valence-corrected chi connectivity index (χ1v) is 23.2. The lowest BCUT2D eigenvalue weighted by Gasteiger charge is -2.48. The Morgan fingerprint density at radius 1 is 0.852 bits per heavy atom. The van der Waals surface area contributed by atoms with Gasteiger partial charge >= 0.3 is 0 Å². The van der Waals surface area contributed by atoms with Crippen LogP contribution < -0.4 is 43.0 Å². The van der Waals surface area contributed by atoms with Gasteiger partial charge in [-0.1, -0.05) is 63.3 Å². The van der Waals surface area contributed by atoms with E-state index in [4.69, 9.17) is 5.73 Å². The maximum Gasteiger partial charge on any atom is 0.247 e. The van der Waals surface area contributed by atoms with Crippen LogP contribution in [0.25, 0.3) is 11.1 Å². The van der Waals surface area contributed by atoms with Gasteiger partial charge < -0.3 is 43.0 Å². The van der Waals surface area contributed by atoms with E-state index in [1.54, 1.807) is 0 Å². The van der Waals surface area contributed by atoms with E-state index in [1.165, 1.54) is 44.9 Å². The molecule has 1 saturated heterocycles. The monoisotopic (exact) mass is 833 g/mol. The van der Waals surface area contributed by atoms with Crippen LogP contribution in [0.15, 0.2) is 42.5 Å². The molecule has 3 aromatic carbocycles. The summed E-state index contributed by atoms with van der Waals surface area (Å²) in [7, 11) is 0. The van der Waals surface area contributed by atoms with Gasteiger partial charge in [0.15, 0.2) is 0 Å². The number of hydrogen-bond donors (Lipinski definition) is 8. The number of nitrogens with two attached hydrogens (primary N) is 1. The lowest BCUT2D eigenvalue weighted by atomic mass is 9.62. The molecule has 326 valence electrons. The minimum atomic E-state index is -0.777. The molecule has 2 saturated carbocycles. The number of aryl methyl sites for hydroxylation is 2. The quantitative estimate of drug-likeness (QED) is 0.120. The molecule has 0 aromatic heterocycles. The molecule has 3 amide bonds. The van der Waals surface area contributed by atoms with Crippen LogP contribution in [0.5, 0.6) is 0 Å². The van der Waals surface area contributed by atoms with Crippen molar-refractivity contribution in [3.8, 4) is 11.1 Å². The first-order valence-electron chi connectivity index (χ1n) is 23.2. The van der Waals surface area contributed by atoms with Crippen LogP contribution in [0.1, 0.15) is 111 Å². The Morgan fingerprint density at radius 3 is 2.30 bits per heavy atom. The molecule has 9 N–H and O–H groups in total. The first kappa shape index (κ1) is 41.8. The third kappa shape index (κ3) is 8.40. The molecule has 4 heterocycles. The van der Waals surface area contributed by atoms with Crippen LogP contribution in [0, 0.1) is 36.9 Å². The van der Waals surface area contributed by atoms with Gasteiger partial charge in [0.1, 0.15) is 23.9 Å². The van der Waals surface area contributed by atoms with E-state index in [1.807, 2.05) is 56.3 Å². The zero-order chi connectivity index (χ0) is 42.4. The van der Waals surface area contributed by atoms with Gasteiger partial charge in [-0.05, 0) is 121 Å². The zero-order valence-electron chi connectivity index (χ0n) is 36.2. The second-order valence-corrected chi connectivity index (χ2v) is 19.3. The van der Waals surface area contributed by atoms with Crippen molar-refractivity contribution in [1.29, 1.82) is 0 Å². The maximum atomic E-state index is 16.8. The van der Waals surface area contributed by atoms with Crippen LogP contribution in [0.4, 0.5) is 15.8 Å². The molecule has 4 aliphatic heterocycles. The van der Waals surface area contributed by atoms with Crippen LogP contribution in [0.3, 0.4) is 0 Å². The molecule has 0 bridgehead atoms. The van der Waals surface area contributed by atoms with Gasteiger partial charge in [-0.3, -0.25) is 14.4 Å². The lowest BCUT2D eigenvalue weighted by molar-refractivity contribution is -0.129. The van der Waals surface area contributed by atoms with Crippen molar-refractivity contribution < 1.29 is 18.8 Å². The average Bonchev–Trinajstić information content (AvgIpc) is 3.57. The summed E-state index contributed by atoms with van der Waals surface area (Å²) < 4.78 is 16.8. The summed E-state index contributed by atoms with van der Waals surface area (Å²) in [6.45, 7) is 8.75. The van der Waals surface area contributed by atoms with Gasteiger partial charge in [-0.15, -0.1) is 0 Å². The highest BCUT2D eigenvalue weighted by Gasteiger charge is 2.49. The number of amides is 3. The number of anilines is 2. The van der Waals surface area contributed by atoms with Crippen molar-refractivity contribution in [2.24, 2.45) is 23.0 Å². The summed E-state index contributed by atoms with van der Waals surface area (Å²) in [5.41, 5.74) is 15.1. The predicted molar refractivity (Wildman–Crippen MR) is 239 cm³/mol. The second kappa shape index (κ2) is 17.3. The highest BCUT2D eigenvalue weighted by molar-refractivity contribution is 5.94. The van der Waals surface area contributed by atoms with Gasteiger partial charge in [-0.2, -0.15) is 0 Å². The predicted octanol–water partition coefficient (Wildman–Crippen LogP) is 5.81. The molecule has 61 heavy (non-hydrogen) atoms. The highest BCUT2D eigenvalue weighted by atomic mass is 19.1. The number of fused-ring (bicyclic) bond motifs is 3. The van der Waals surface area contributed by atoms with Crippen molar-refractivity contribution >= 4 is 29.1 Å². The standard InChI is InChI=1S/C49H65FN8O3/c1-27-21-31(23-32-24-37(55-41(27)32)46(59)58-44-34-14-10-9-11-29(34)17-18-54-48(44)61)35-22-28(2)42-36(40(35)50)25-38(56-42)47(60)57-43(30-15-16-30)45(51)49(3,26-39-52-19-20-53-39)33-12-7-5-4-6-8-13-33/h9-11,14,21-23,30,33,37-39,43-45,52-53,55-56H,4-8,12-13,15-20,24-26,51H2,1-3H3,(H,54,61)(H,57,60)(H,58,59). The number of rotatable bonds is 11. The highest BCUT2D eigenvalue weighted by Crippen LogP contribution is 2.47. The molecule has 6 aliphatic rings. The van der Waals surface area contributed by atoms with Crippen molar-refractivity contribution in [1.82, 2.24) is 26.6 Å². The second-order valence-electron chi connectivity index (χ2n) is 19.3. The Kier molecular flexibility index (Phi) is 11.9. The molecule has 0 radical (unpaired) electrons. The van der Waals surface area contributed by atoms with Crippen molar-refractivity contribution in [2.45, 2.75) is 141 Å². The van der Waals surface area contributed by atoms with Gasteiger partial charge in [0, 0.05) is 67.1 Å². The van der Waals surface area contributed by atoms with Gasteiger partial charge in [-0.25, -0.2) is 4.39 Å². The average molecular weight is 833 g/mol. The molecule has 9 rings (SSSR count). The topological polar surface area (TPSA) is 161 Å². The molecule has 11 nitrogen and oxygen atoms in total. The molecule has 3 aromatic rings. The Morgan fingerprint density at radius 2 is 1.54 bits per heavy atom. The fraction of sp³-hybridized carbons (Fsp3) is 0.571. The Labute approximate surface area is 360 Å². The number of carbonyl (C=O) groups is 3. The minimum Gasteiger partial charge on any atom is -0.373 e. The van der Waals surface area contributed by atoms with Crippen LogP contribution in [-0.4, -0.2) is 67.7 Å². The van der Waals surface area contributed by atoms with Gasteiger partial charge in [0.05, 0.1) is 6.17 Å². The van der Waals surface area contributed by atoms with E-state index in [9.17, 15) is 14.4 Å². The molecule has 2 aliphatic carbocycles. The Bertz CT molecular complexity index is 2160. The fourth-order valence-corrected chi connectivity index (χ4v) is 11.5. The number of benzene rings is 3. The summed E-state index contributed by atoms with van der Waals surface area (Å²) in [6, 6.07) is 11.2. The van der Waals surface area contributed by atoms with E-state index in [2.05, 4.69) is 44.1 Å². The number of carbonyl (C=O) groups excluding carboxylic acids is 3. The first-order chi connectivity index (χ1) is 29.5.